The van der Waals surface area contributed by atoms with Gasteiger partial charge in [-0.15, -0.1) is 11.3 Å². The fourth-order valence-corrected chi connectivity index (χ4v) is 5.59. The molecule has 1 atom stereocenters. The van der Waals surface area contributed by atoms with Crippen molar-refractivity contribution in [3.05, 3.63) is 21.4 Å². The van der Waals surface area contributed by atoms with Gasteiger partial charge in [0.15, 0.2) is 0 Å². The van der Waals surface area contributed by atoms with Gasteiger partial charge in [0.2, 0.25) is 5.91 Å². The molecule has 0 radical (unpaired) electrons. The number of likely N-dealkylation sites (tertiary alicyclic amines) is 1. The second-order valence-electron chi connectivity index (χ2n) is 8.10. The summed E-state index contributed by atoms with van der Waals surface area (Å²) in [6.07, 6.45) is 5.79. The molecule has 1 N–H and O–H groups in total. The summed E-state index contributed by atoms with van der Waals surface area (Å²) in [6.45, 7) is 7.16. The van der Waals surface area contributed by atoms with Crippen LogP contribution in [0.2, 0.25) is 0 Å². The molecule has 1 aliphatic carbocycles. The third-order valence-electron chi connectivity index (χ3n) is 6.11. The lowest BCUT2D eigenvalue weighted by Gasteiger charge is -2.26. The molecule has 0 bridgehead atoms. The molecule has 7 heteroatoms. The first-order valence-electron chi connectivity index (χ1n) is 10.7. The van der Waals surface area contributed by atoms with Gasteiger partial charge in [-0.25, -0.2) is 0 Å². The highest BCUT2D eigenvalue weighted by molar-refractivity contribution is 7.14. The molecule has 4 rings (SSSR count). The van der Waals surface area contributed by atoms with Gasteiger partial charge in [-0.2, -0.15) is 0 Å². The zero-order valence-electron chi connectivity index (χ0n) is 16.6. The maximum atomic E-state index is 12.6. The number of hydrogen-bond acceptors (Lipinski definition) is 5. The number of aryl methyl sites for hydroxylation is 1. The summed E-state index contributed by atoms with van der Waals surface area (Å²) in [5, 5.41) is 3.13. The van der Waals surface area contributed by atoms with E-state index in [0.29, 0.717) is 0 Å². The van der Waals surface area contributed by atoms with Crippen molar-refractivity contribution in [2.45, 2.75) is 38.5 Å². The standard InChI is InChI=1S/C21H31N3O3S/c25-20(22-6-3-7-23-10-12-27-13-11-23)16-4-5-18-17(14-16)15-19(28-18)21(26)24-8-1-2-9-24/h15-16H,1-14H2,(H,22,25)/t16-/m0/s1. The second kappa shape index (κ2) is 9.37. The van der Waals surface area contributed by atoms with Gasteiger partial charge < -0.3 is 15.0 Å². The normalized spacial score (nSPS) is 22.9. The Morgan fingerprint density at radius 1 is 1.18 bits per heavy atom. The van der Waals surface area contributed by atoms with Crippen molar-refractivity contribution in [3.63, 3.8) is 0 Å². The first-order chi connectivity index (χ1) is 13.7. The van der Waals surface area contributed by atoms with Crippen molar-refractivity contribution < 1.29 is 14.3 Å². The number of carbonyl (C=O) groups excluding carboxylic acids is 2. The Hall–Kier alpha value is -1.44. The molecule has 2 fully saturated rings. The van der Waals surface area contributed by atoms with Gasteiger partial charge in [-0.05, 0) is 56.7 Å². The predicted molar refractivity (Wildman–Crippen MR) is 110 cm³/mol. The minimum absolute atomic E-state index is 0.0419. The molecule has 28 heavy (non-hydrogen) atoms. The van der Waals surface area contributed by atoms with E-state index in [1.807, 2.05) is 4.90 Å². The van der Waals surface area contributed by atoms with Crippen LogP contribution >= 0.6 is 11.3 Å². The topological polar surface area (TPSA) is 61.9 Å². The molecule has 2 aliphatic heterocycles. The van der Waals surface area contributed by atoms with E-state index < -0.39 is 0 Å². The van der Waals surface area contributed by atoms with E-state index in [9.17, 15) is 9.59 Å². The highest BCUT2D eigenvalue weighted by Gasteiger charge is 2.29. The number of rotatable bonds is 6. The van der Waals surface area contributed by atoms with Crippen LogP contribution < -0.4 is 5.32 Å². The fourth-order valence-electron chi connectivity index (χ4n) is 4.41. The molecule has 0 aromatic carbocycles. The third-order valence-corrected chi connectivity index (χ3v) is 7.34. The zero-order valence-corrected chi connectivity index (χ0v) is 17.4. The summed E-state index contributed by atoms with van der Waals surface area (Å²) in [6, 6.07) is 2.05. The van der Waals surface area contributed by atoms with Gasteiger partial charge in [-0.1, -0.05) is 0 Å². The van der Waals surface area contributed by atoms with Crippen molar-refractivity contribution in [2.75, 3.05) is 52.5 Å². The van der Waals surface area contributed by atoms with Gasteiger partial charge >= 0.3 is 0 Å². The minimum Gasteiger partial charge on any atom is -0.379 e. The van der Waals surface area contributed by atoms with Crippen LogP contribution in [0.3, 0.4) is 0 Å². The van der Waals surface area contributed by atoms with Crippen molar-refractivity contribution in [1.29, 1.82) is 0 Å². The van der Waals surface area contributed by atoms with Gasteiger partial charge in [0.25, 0.3) is 5.91 Å². The van der Waals surface area contributed by atoms with E-state index in [1.54, 1.807) is 11.3 Å². The van der Waals surface area contributed by atoms with Crippen LogP contribution in [0.5, 0.6) is 0 Å². The van der Waals surface area contributed by atoms with Gasteiger partial charge in [0.05, 0.1) is 18.1 Å². The molecule has 0 saturated carbocycles. The van der Waals surface area contributed by atoms with Crippen LogP contribution in [0.25, 0.3) is 0 Å². The van der Waals surface area contributed by atoms with E-state index in [2.05, 4.69) is 16.3 Å². The summed E-state index contributed by atoms with van der Waals surface area (Å²) in [4.78, 5) is 31.8. The van der Waals surface area contributed by atoms with Crippen LogP contribution in [0.1, 0.15) is 45.8 Å². The predicted octanol–water partition coefficient (Wildman–Crippen LogP) is 1.93. The molecule has 6 nitrogen and oxygen atoms in total. The lowest BCUT2D eigenvalue weighted by Crippen LogP contribution is -2.39. The van der Waals surface area contributed by atoms with E-state index in [1.165, 1.54) is 10.4 Å². The third kappa shape index (κ3) is 4.75. The molecule has 1 aromatic rings. The molecule has 2 saturated heterocycles. The van der Waals surface area contributed by atoms with Crippen LogP contribution in [-0.4, -0.2) is 74.1 Å². The molecule has 0 unspecified atom stereocenters. The Balaban J connectivity index is 1.24. The van der Waals surface area contributed by atoms with E-state index in [0.717, 1.165) is 95.9 Å². The molecular weight excluding hydrogens is 374 g/mol. The van der Waals surface area contributed by atoms with E-state index in [-0.39, 0.29) is 17.7 Å². The summed E-state index contributed by atoms with van der Waals surface area (Å²) in [5.41, 5.74) is 1.22. The lowest BCUT2D eigenvalue weighted by atomic mass is 9.87. The maximum absolute atomic E-state index is 12.6. The number of morpholine rings is 1. The molecule has 1 aromatic heterocycles. The Bertz CT molecular complexity index is 693. The van der Waals surface area contributed by atoms with Crippen molar-refractivity contribution >= 4 is 23.2 Å². The SMILES string of the molecule is O=C(NCCCN1CCOCC1)[C@H]1CCc2sc(C(=O)N3CCCC3)cc2C1. The van der Waals surface area contributed by atoms with Crippen LogP contribution in [-0.2, 0) is 22.4 Å². The Labute approximate surface area is 171 Å². The van der Waals surface area contributed by atoms with Crippen LogP contribution in [0.15, 0.2) is 6.07 Å². The average molecular weight is 406 g/mol. The zero-order chi connectivity index (χ0) is 19.3. The van der Waals surface area contributed by atoms with Crippen molar-refractivity contribution in [3.8, 4) is 0 Å². The average Bonchev–Trinajstić information content (AvgIpc) is 3.40. The highest BCUT2D eigenvalue weighted by atomic mass is 32.1. The second-order valence-corrected chi connectivity index (χ2v) is 9.23. The summed E-state index contributed by atoms with van der Waals surface area (Å²) < 4.78 is 5.36. The van der Waals surface area contributed by atoms with Crippen molar-refractivity contribution in [1.82, 2.24) is 15.1 Å². The molecule has 154 valence electrons. The molecular formula is C21H31N3O3S. The van der Waals surface area contributed by atoms with E-state index in [4.69, 9.17) is 4.74 Å². The van der Waals surface area contributed by atoms with Gasteiger partial charge in [-0.3, -0.25) is 14.5 Å². The number of hydrogen-bond donors (Lipinski definition) is 1. The van der Waals surface area contributed by atoms with Crippen LogP contribution in [0, 0.1) is 5.92 Å². The Kier molecular flexibility index (Phi) is 6.65. The lowest BCUT2D eigenvalue weighted by molar-refractivity contribution is -0.125. The highest BCUT2D eigenvalue weighted by Crippen LogP contribution is 2.33. The fraction of sp³-hybridized carbons (Fsp3) is 0.714. The number of thiophene rings is 1. The molecule has 2 amide bonds. The molecule has 0 spiro atoms. The number of ether oxygens (including phenoxy) is 1. The van der Waals surface area contributed by atoms with Crippen molar-refractivity contribution in [2.24, 2.45) is 5.92 Å². The largest absolute Gasteiger partial charge is 0.379 e. The summed E-state index contributed by atoms with van der Waals surface area (Å²) >= 11 is 1.64. The maximum Gasteiger partial charge on any atom is 0.263 e. The number of nitrogens with zero attached hydrogens (tertiary/aromatic N) is 2. The Morgan fingerprint density at radius 2 is 1.96 bits per heavy atom. The smallest absolute Gasteiger partial charge is 0.263 e. The Morgan fingerprint density at radius 3 is 2.75 bits per heavy atom. The van der Waals surface area contributed by atoms with Gasteiger partial charge in [0, 0.05) is 43.5 Å². The number of amides is 2. The quantitative estimate of drug-likeness (QED) is 0.735. The summed E-state index contributed by atoms with van der Waals surface area (Å²) in [7, 11) is 0. The van der Waals surface area contributed by atoms with E-state index >= 15 is 0 Å². The molecule has 3 aliphatic rings. The van der Waals surface area contributed by atoms with Gasteiger partial charge in [0.1, 0.15) is 0 Å². The summed E-state index contributed by atoms with van der Waals surface area (Å²) in [5.74, 6) is 0.396. The number of fused-ring (bicyclic) bond motifs is 1. The minimum atomic E-state index is 0.0419. The monoisotopic (exact) mass is 405 g/mol. The number of nitrogens with one attached hydrogen (secondary N) is 1. The number of carbonyl (C=O) groups is 2. The van der Waals surface area contributed by atoms with Crippen LogP contribution in [0.4, 0.5) is 0 Å². The first kappa shape index (κ1) is 19.9. The molecule has 3 heterocycles. The first-order valence-corrected chi connectivity index (χ1v) is 11.5.